The Morgan fingerprint density at radius 2 is 1.27 bits per heavy atom. The first-order chi connectivity index (χ1) is 6.82. The van der Waals surface area contributed by atoms with E-state index in [9.17, 15) is 9.59 Å². The van der Waals surface area contributed by atoms with Gasteiger partial charge in [0.1, 0.15) is 0 Å². The van der Waals surface area contributed by atoms with Crippen LogP contribution >= 0.6 is 0 Å². The number of carbonyl (C=O) groups excluding carboxylic acids is 2. The Balaban J connectivity index is 3.96. The van der Waals surface area contributed by atoms with Crippen molar-refractivity contribution in [2.45, 2.75) is 0 Å². The van der Waals surface area contributed by atoms with Gasteiger partial charge in [0.05, 0.1) is 0 Å². The van der Waals surface area contributed by atoms with Crippen LogP contribution in [0, 0.1) is 0 Å². The Kier molecular flexibility index (Phi) is 5.42. The first-order valence-corrected chi connectivity index (χ1v) is 4.29. The average molecular weight is 218 g/mol. The third-order valence-electron chi connectivity index (χ3n) is 1.22. The Morgan fingerprint density at radius 1 is 0.800 bits per heavy atom. The summed E-state index contributed by atoms with van der Waals surface area (Å²) in [5.41, 5.74) is 7.21. The molecule has 8 heteroatoms. The molecule has 0 unspecified atom stereocenters. The fourth-order valence-corrected chi connectivity index (χ4v) is 0.697. The molecule has 3 N–H and O–H groups in total. The van der Waals surface area contributed by atoms with Gasteiger partial charge in [0, 0.05) is 35.2 Å². The second kappa shape index (κ2) is 6.04. The molecule has 0 heterocycles. The van der Waals surface area contributed by atoms with Crippen LogP contribution in [-0.2, 0) is 0 Å². The van der Waals surface area contributed by atoms with E-state index in [4.69, 9.17) is 0 Å². The zero-order valence-corrected chi connectivity index (χ0v) is 9.66. The van der Waals surface area contributed by atoms with E-state index in [1.165, 1.54) is 17.1 Å². The van der Waals surface area contributed by atoms with Crippen molar-refractivity contribution in [2.75, 3.05) is 35.2 Å². The second-order valence-electron chi connectivity index (χ2n) is 3.32. The zero-order chi connectivity index (χ0) is 12.0. The molecule has 0 aliphatic carbocycles. The van der Waals surface area contributed by atoms with Crippen molar-refractivity contribution in [2.24, 2.45) is 0 Å². The van der Waals surface area contributed by atoms with Crippen LogP contribution in [0.3, 0.4) is 0 Å². The molecular formula is C7H18N6O2. The van der Waals surface area contributed by atoms with Gasteiger partial charge in [0.15, 0.2) is 0 Å². The lowest BCUT2D eigenvalue weighted by Crippen LogP contribution is -2.55. The van der Waals surface area contributed by atoms with Gasteiger partial charge in [0.2, 0.25) is 0 Å². The predicted octanol–water partition coefficient (Wildman–Crippen LogP) is -1.20. The van der Waals surface area contributed by atoms with E-state index in [1.54, 1.807) is 28.2 Å². The van der Waals surface area contributed by atoms with Crippen molar-refractivity contribution in [1.29, 1.82) is 0 Å². The monoisotopic (exact) mass is 218 g/mol. The van der Waals surface area contributed by atoms with E-state index in [0.717, 1.165) is 5.01 Å². The smallest absolute Gasteiger partial charge is 0.270 e. The van der Waals surface area contributed by atoms with Crippen LogP contribution in [-0.4, -0.2) is 62.3 Å². The summed E-state index contributed by atoms with van der Waals surface area (Å²) in [6.45, 7) is 0. The number of hydrazine groups is 3. The van der Waals surface area contributed by atoms with E-state index >= 15 is 0 Å². The summed E-state index contributed by atoms with van der Waals surface area (Å²) in [7, 11) is 8.12. The van der Waals surface area contributed by atoms with Gasteiger partial charge >= 0.3 is 12.1 Å². The van der Waals surface area contributed by atoms with Crippen LogP contribution in [0.1, 0.15) is 0 Å². The van der Waals surface area contributed by atoms with Gasteiger partial charge < -0.3 is 0 Å². The lowest BCUT2D eigenvalue weighted by molar-refractivity contribution is 0.152. The molecule has 15 heavy (non-hydrogen) atoms. The number of carbonyl (C=O) groups is 2. The SMILES string of the molecule is CN(C)NC(=O)NN(C)C(=O)NN(C)C. The topological polar surface area (TPSA) is 80.0 Å². The molecule has 4 amide bonds. The van der Waals surface area contributed by atoms with Crippen LogP contribution in [0.2, 0.25) is 0 Å². The fourth-order valence-electron chi connectivity index (χ4n) is 0.697. The minimum atomic E-state index is -0.489. The summed E-state index contributed by atoms with van der Waals surface area (Å²) in [4.78, 5) is 22.4. The van der Waals surface area contributed by atoms with Crippen molar-refractivity contribution in [3.8, 4) is 0 Å². The fraction of sp³-hybridized carbons (Fsp3) is 0.714. The van der Waals surface area contributed by atoms with Crippen LogP contribution < -0.4 is 16.3 Å². The molecule has 8 nitrogen and oxygen atoms in total. The lowest BCUT2D eigenvalue weighted by atomic mass is 10.9. The quantitative estimate of drug-likeness (QED) is 0.508. The highest BCUT2D eigenvalue weighted by Gasteiger charge is 2.11. The summed E-state index contributed by atoms with van der Waals surface area (Å²) in [6.07, 6.45) is 0. The van der Waals surface area contributed by atoms with E-state index < -0.39 is 12.1 Å². The van der Waals surface area contributed by atoms with Crippen molar-refractivity contribution in [3.63, 3.8) is 0 Å². The van der Waals surface area contributed by atoms with Crippen LogP contribution in [0.15, 0.2) is 0 Å². The number of urea groups is 2. The molecule has 0 atom stereocenters. The Morgan fingerprint density at radius 3 is 1.67 bits per heavy atom. The second-order valence-corrected chi connectivity index (χ2v) is 3.32. The van der Waals surface area contributed by atoms with Gasteiger partial charge in [-0.3, -0.25) is 10.9 Å². The first-order valence-electron chi connectivity index (χ1n) is 4.29. The molecule has 0 aromatic heterocycles. The van der Waals surface area contributed by atoms with Gasteiger partial charge in [-0.1, -0.05) is 0 Å². The molecule has 0 aromatic rings. The minimum absolute atomic E-state index is 0.436. The summed E-state index contributed by atoms with van der Waals surface area (Å²) in [5.74, 6) is 0. The number of hydrogen-bond acceptors (Lipinski definition) is 4. The van der Waals surface area contributed by atoms with E-state index in [0.29, 0.717) is 0 Å². The number of amides is 4. The molecule has 0 fully saturated rings. The maximum Gasteiger partial charge on any atom is 0.350 e. The zero-order valence-electron chi connectivity index (χ0n) is 9.66. The average Bonchev–Trinajstić information content (AvgIpc) is 2.00. The Hall–Kier alpha value is -1.54. The summed E-state index contributed by atoms with van der Waals surface area (Å²) >= 11 is 0. The highest BCUT2D eigenvalue weighted by molar-refractivity contribution is 5.79. The van der Waals surface area contributed by atoms with Crippen LogP contribution in [0.4, 0.5) is 9.59 Å². The molecule has 0 radical (unpaired) electrons. The van der Waals surface area contributed by atoms with Crippen molar-refractivity contribution in [3.05, 3.63) is 0 Å². The molecule has 0 aliphatic rings. The maximum atomic E-state index is 11.3. The maximum absolute atomic E-state index is 11.3. The molecule has 0 spiro atoms. The molecule has 0 aromatic carbocycles. The van der Waals surface area contributed by atoms with Crippen LogP contribution in [0.25, 0.3) is 0 Å². The summed E-state index contributed by atoms with van der Waals surface area (Å²) in [5, 5.41) is 3.98. The lowest BCUT2D eigenvalue weighted by Gasteiger charge is -2.22. The Labute approximate surface area is 89.1 Å². The molecule has 0 rings (SSSR count). The molecule has 0 bridgehead atoms. The molecule has 0 aliphatic heterocycles. The normalized spacial score (nSPS) is 10.1. The largest absolute Gasteiger partial charge is 0.350 e. The standard InChI is InChI=1S/C7H18N6O2/c1-11(2)8-6(14)9-13(5)7(15)10-12(3)4/h1-5H3,(H,10,15)(H2,8,9,14). The number of rotatable bonds is 2. The number of nitrogens with one attached hydrogen (secondary N) is 3. The third kappa shape index (κ3) is 6.52. The van der Waals surface area contributed by atoms with Crippen molar-refractivity contribution in [1.82, 2.24) is 31.3 Å². The summed E-state index contributed by atoms with van der Waals surface area (Å²) < 4.78 is 0. The summed E-state index contributed by atoms with van der Waals surface area (Å²) in [6, 6.07) is -0.926. The van der Waals surface area contributed by atoms with E-state index in [-0.39, 0.29) is 0 Å². The van der Waals surface area contributed by atoms with Gasteiger partial charge in [-0.15, -0.1) is 0 Å². The third-order valence-corrected chi connectivity index (χ3v) is 1.22. The molecular weight excluding hydrogens is 200 g/mol. The highest BCUT2D eigenvalue weighted by atomic mass is 16.2. The number of nitrogens with zero attached hydrogens (tertiary/aromatic N) is 3. The van der Waals surface area contributed by atoms with Crippen molar-refractivity contribution < 1.29 is 9.59 Å². The van der Waals surface area contributed by atoms with Gasteiger partial charge in [-0.2, -0.15) is 0 Å². The van der Waals surface area contributed by atoms with Crippen molar-refractivity contribution >= 4 is 12.1 Å². The van der Waals surface area contributed by atoms with Crippen LogP contribution in [0.5, 0.6) is 0 Å². The predicted molar refractivity (Wildman–Crippen MR) is 55.3 cm³/mol. The highest BCUT2D eigenvalue weighted by Crippen LogP contribution is 1.79. The molecule has 0 saturated heterocycles. The van der Waals surface area contributed by atoms with E-state index in [2.05, 4.69) is 16.3 Å². The molecule has 0 saturated carbocycles. The van der Waals surface area contributed by atoms with Gasteiger partial charge in [-0.25, -0.2) is 30.0 Å². The molecule has 88 valence electrons. The number of hydrogen-bond donors (Lipinski definition) is 3. The van der Waals surface area contributed by atoms with Gasteiger partial charge in [0.25, 0.3) is 0 Å². The van der Waals surface area contributed by atoms with E-state index in [1.807, 2.05) is 0 Å². The van der Waals surface area contributed by atoms with Gasteiger partial charge in [-0.05, 0) is 0 Å². The minimum Gasteiger partial charge on any atom is -0.270 e. The first kappa shape index (κ1) is 13.5. The Bertz CT molecular complexity index is 230.